The van der Waals surface area contributed by atoms with E-state index in [1.165, 1.54) is 11.3 Å². The maximum Gasteiger partial charge on any atom is 0.310 e. The maximum absolute atomic E-state index is 12.2. The summed E-state index contributed by atoms with van der Waals surface area (Å²) >= 11 is 10.8. The van der Waals surface area contributed by atoms with Crippen LogP contribution in [-0.2, 0) is 27.3 Å². The van der Waals surface area contributed by atoms with Crippen LogP contribution in [0.25, 0.3) is 16.2 Å². The normalized spacial score (nSPS) is 10.9. The Balaban J connectivity index is 1.34. The molecule has 31 heavy (non-hydrogen) atoms. The van der Waals surface area contributed by atoms with E-state index in [0.717, 1.165) is 31.9 Å². The SMILES string of the molecule is O=C(COC(=O)Cc1ccc(Cl)cc1)NCc1cnc2scc(-c3ccc(Br)cc3)n12. The van der Waals surface area contributed by atoms with Gasteiger partial charge in [-0.15, -0.1) is 11.3 Å². The van der Waals surface area contributed by atoms with E-state index in [1.54, 1.807) is 30.5 Å². The number of thiazole rings is 1. The molecule has 6 nitrogen and oxygen atoms in total. The predicted octanol–water partition coefficient (Wildman–Crippen LogP) is 4.88. The fourth-order valence-corrected chi connectivity index (χ4v) is 4.30. The van der Waals surface area contributed by atoms with Crippen molar-refractivity contribution < 1.29 is 14.3 Å². The van der Waals surface area contributed by atoms with E-state index in [1.807, 2.05) is 34.0 Å². The van der Waals surface area contributed by atoms with Crippen LogP contribution in [0.3, 0.4) is 0 Å². The van der Waals surface area contributed by atoms with Crippen LogP contribution in [0, 0.1) is 0 Å². The zero-order chi connectivity index (χ0) is 21.8. The molecule has 2 aromatic carbocycles. The molecule has 1 N–H and O–H groups in total. The zero-order valence-corrected chi connectivity index (χ0v) is 19.3. The van der Waals surface area contributed by atoms with Gasteiger partial charge in [-0.25, -0.2) is 4.98 Å². The predicted molar refractivity (Wildman–Crippen MR) is 124 cm³/mol. The van der Waals surface area contributed by atoms with Crippen LogP contribution in [0.15, 0.2) is 64.6 Å². The summed E-state index contributed by atoms with van der Waals surface area (Å²) in [6.45, 7) is -0.0629. The number of imidazole rings is 1. The number of aromatic nitrogens is 2. The average molecular weight is 519 g/mol. The number of nitrogens with zero attached hydrogens (tertiary/aromatic N) is 2. The molecule has 0 spiro atoms. The second kappa shape index (κ2) is 9.64. The summed E-state index contributed by atoms with van der Waals surface area (Å²) in [6, 6.07) is 14.9. The largest absolute Gasteiger partial charge is 0.455 e. The van der Waals surface area contributed by atoms with Gasteiger partial charge in [-0.3, -0.25) is 14.0 Å². The Bertz CT molecular complexity index is 1220. The molecule has 2 heterocycles. The molecule has 4 aromatic rings. The standard InChI is InChI=1S/C22H17BrClN3O3S/c23-16-5-3-15(4-6-16)19-13-31-22-26-11-18(27(19)22)10-25-20(28)12-30-21(29)9-14-1-7-17(24)8-2-14/h1-8,11,13H,9-10,12H2,(H,25,28). The van der Waals surface area contributed by atoms with Gasteiger partial charge in [0.25, 0.3) is 5.91 Å². The van der Waals surface area contributed by atoms with E-state index in [2.05, 4.69) is 26.2 Å². The van der Waals surface area contributed by atoms with Gasteiger partial charge in [0.15, 0.2) is 11.6 Å². The number of fused-ring (bicyclic) bond motifs is 1. The number of halogens is 2. The lowest BCUT2D eigenvalue weighted by Gasteiger charge is -2.08. The van der Waals surface area contributed by atoms with E-state index >= 15 is 0 Å². The summed E-state index contributed by atoms with van der Waals surface area (Å²) in [5.74, 6) is -0.848. The fourth-order valence-electron chi connectivity index (χ4n) is 3.02. The molecular formula is C22H17BrClN3O3S. The average Bonchev–Trinajstić information content (AvgIpc) is 3.36. The number of esters is 1. The Morgan fingerprint density at radius 3 is 2.61 bits per heavy atom. The van der Waals surface area contributed by atoms with Gasteiger partial charge in [0.1, 0.15) is 0 Å². The molecule has 0 bridgehead atoms. The minimum absolute atomic E-state index is 0.0825. The van der Waals surface area contributed by atoms with Crippen LogP contribution in [0.5, 0.6) is 0 Å². The monoisotopic (exact) mass is 517 g/mol. The number of carbonyl (C=O) groups excluding carboxylic acids is 2. The molecule has 0 saturated heterocycles. The molecule has 0 unspecified atom stereocenters. The van der Waals surface area contributed by atoms with Crippen LogP contribution in [0.4, 0.5) is 0 Å². The van der Waals surface area contributed by atoms with Crippen molar-refractivity contribution in [2.24, 2.45) is 0 Å². The molecule has 0 aliphatic rings. The highest BCUT2D eigenvalue weighted by molar-refractivity contribution is 9.10. The maximum atomic E-state index is 12.2. The van der Waals surface area contributed by atoms with Crippen LogP contribution in [0.2, 0.25) is 5.02 Å². The van der Waals surface area contributed by atoms with Crippen LogP contribution in [0.1, 0.15) is 11.3 Å². The third-order valence-corrected chi connectivity index (χ3v) is 6.17. The van der Waals surface area contributed by atoms with Gasteiger partial charge in [-0.1, -0.05) is 51.8 Å². The first-order chi connectivity index (χ1) is 15.0. The minimum atomic E-state index is -0.473. The van der Waals surface area contributed by atoms with Crippen LogP contribution >= 0.6 is 38.9 Å². The lowest BCUT2D eigenvalue weighted by molar-refractivity contribution is -0.147. The fraction of sp³-hybridized carbons (Fsp3) is 0.136. The van der Waals surface area contributed by atoms with E-state index in [0.29, 0.717) is 5.02 Å². The molecule has 0 fully saturated rings. The molecular weight excluding hydrogens is 502 g/mol. The molecule has 0 saturated carbocycles. The summed E-state index contributed by atoms with van der Waals surface area (Å²) < 4.78 is 8.10. The first-order valence-electron chi connectivity index (χ1n) is 9.36. The number of ether oxygens (including phenoxy) is 1. The van der Waals surface area contributed by atoms with Crippen molar-refractivity contribution in [3.8, 4) is 11.3 Å². The number of hydrogen-bond donors (Lipinski definition) is 1. The highest BCUT2D eigenvalue weighted by Gasteiger charge is 2.14. The van der Waals surface area contributed by atoms with Gasteiger partial charge in [-0.05, 0) is 35.4 Å². The Labute approximate surface area is 196 Å². The van der Waals surface area contributed by atoms with Gasteiger partial charge >= 0.3 is 5.97 Å². The molecule has 0 aliphatic heterocycles. The summed E-state index contributed by atoms with van der Waals surface area (Å²) in [7, 11) is 0. The van der Waals surface area contributed by atoms with Crippen molar-refractivity contribution in [1.29, 1.82) is 0 Å². The smallest absolute Gasteiger partial charge is 0.310 e. The molecule has 1 amide bonds. The third-order valence-electron chi connectivity index (χ3n) is 4.55. The van der Waals surface area contributed by atoms with Crippen LogP contribution in [-0.4, -0.2) is 27.9 Å². The van der Waals surface area contributed by atoms with Gasteiger partial charge in [0.2, 0.25) is 0 Å². The third kappa shape index (κ3) is 5.33. The van der Waals surface area contributed by atoms with Crippen molar-refractivity contribution in [2.75, 3.05) is 6.61 Å². The van der Waals surface area contributed by atoms with Gasteiger partial charge < -0.3 is 10.1 Å². The van der Waals surface area contributed by atoms with Crippen molar-refractivity contribution in [1.82, 2.24) is 14.7 Å². The molecule has 0 radical (unpaired) electrons. The van der Waals surface area contributed by atoms with Crippen molar-refractivity contribution >= 4 is 55.7 Å². The van der Waals surface area contributed by atoms with Crippen molar-refractivity contribution in [3.63, 3.8) is 0 Å². The number of hydrogen-bond acceptors (Lipinski definition) is 5. The first-order valence-corrected chi connectivity index (χ1v) is 11.4. The lowest BCUT2D eigenvalue weighted by Crippen LogP contribution is -2.29. The van der Waals surface area contributed by atoms with E-state index in [4.69, 9.17) is 16.3 Å². The van der Waals surface area contributed by atoms with Crippen molar-refractivity contribution in [3.05, 3.63) is 80.9 Å². The van der Waals surface area contributed by atoms with Gasteiger partial charge in [-0.2, -0.15) is 0 Å². The summed E-state index contributed by atoms with van der Waals surface area (Å²) in [5.41, 5.74) is 3.67. The minimum Gasteiger partial charge on any atom is -0.455 e. The highest BCUT2D eigenvalue weighted by Crippen LogP contribution is 2.28. The molecule has 0 atom stereocenters. The Morgan fingerprint density at radius 1 is 1.13 bits per heavy atom. The number of carbonyl (C=O) groups is 2. The Hall–Kier alpha value is -2.68. The Kier molecular flexibility index (Phi) is 6.70. The summed E-state index contributed by atoms with van der Waals surface area (Å²) in [6.07, 6.45) is 1.82. The molecule has 2 aromatic heterocycles. The number of rotatable bonds is 7. The second-order valence-electron chi connectivity index (χ2n) is 6.74. The van der Waals surface area contributed by atoms with E-state index < -0.39 is 5.97 Å². The molecule has 0 aliphatic carbocycles. The first kappa shape index (κ1) is 21.5. The van der Waals surface area contributed by atoms with E-state index in [9.17, 15) is 9.59 Å². The number of nitrogens with one attached hydrogen (secondary N) is 1. The van der Waals surface area contributed by atoms with Crippen LogP contribution < -0.4 is 5.32 Å². The quantitative estimate of drug-likeness (QED) is 0.354. The topological polar surface area (TPSA) is 72.7 Å². The Morgan fingerprint density at radius 2 is 1.87 bits per heavy atom. The molecule has 9 heteroatoms. The molecule has 4 rings (SSSR count). The molecule has 158 valence electrons. The highest BCUT2D eigenvalue weighted by atomic mass is 79.9. The van der Waals surface area contributed by atoms with E-state index in [-0.39, 0.29) is 25.5 Å². The summed E-state index contributed by atoms with van der Waals surface area (Å²) in [5, 5.41) is 5.42. The second-order valence-corrected chi connectivity index (χ2v) is 8.92. The zero-order valence-electron chi connectivity index (χ0n) is 16.2. The van der Waals surface area contributed by atoms with Gasteiger partial charge in [0.05, 0.1) is 30.6 Å². The number of benzene rings is 2. The summed E-state index contributed by atoms with van der Waals surface area (Å²) in [4.78, 5) is 29.4. The lowest BCUT2D eigenvalue weighted by atomic mass is 10.1. The van der Waals surface area contributed by atoms with Crippen molar-refractivity contribution in [2.45, 2.75) is 13.0 Å². The van der Waals surface area contributed by atoms with Gasteiger partial charge in [0, 0.05) is 14.9 Å². The number of amides is 1.